The van der Waals surface area contributed by atoms with E-state index in [1.165, 1.54) is 116 Å². The fourth-order valence-electron chi connectivity index (χ4n) is 12.0. The number of allylic oxidation sites excluding steroid dienone is 32. The Kier molecular flexibility index (Phi) is 85.3. The quantitative estimate of drug-likeness (QED) is 0.0146. The van der Waals surface area contributed by atoms with Crippen molar-refractivity contribution in [3.63, 3.8) is 0 Å². The number of phosphoric ester groups is 2. The maximum absolute atomic E-state index is 13.0. The lowest BCUT2D eigenvalue weighted by Crippen LogP contribution is -2.30. The van der Waals surface area contributed by atoms with E-state index in [-0.39, 0.29) is 19.3 Å². The number of phosphoric acid groups is 2. The Morgan fingerprint density at radius 3 is 0.684 bits per heavy atom. The molecule has 0 aromatic rings. The average molecular weight is 1670 g/mol. The molecule has 0 aliphatic rings. The molecule has 0 aliphatic heterocycles. The number of esters is 3. The highest BCUT2D eigenvalue weighted by atomic mass is 31.2. The molecule has 0 heterocycles. The molecule has 16 nitrogen and oxygen atoms in total. The lowest BCUT2D eigenvalue weighted by molar-refractivity contribution is -0.161. The molecular weight excluding hydrogens is 1510 g/mol. The molecule has 0 saturated carbocycles. The average Bonchev–Trinajstić information content (AvgIpc) is 0.901. The first kappa shape index (κ1) is 111. The van der Waals surface area contributed by atoms with Crippen molar-refractivity contribution in [3.8, 4) is 0 Å². The second kappa shape index (κ2) is 89.6. The van der Waals surface area contributed by atoms with Gasteiger partial charge in [-0.1, -0.05) is 369 Å². The summed E-state index contributed by atoms with van der Waals surface area (Å²) in [6.45, 7) is 2.32. The number of aliphatic hydroxyl groups excluding tert-OH is 2. The van der Waals surface area contributed by atoms with Crippen molar-refractivity contribution in [2.45, 2.75) is 373 Å². The maximum atomic E-state index is 13.0. The maximum Gasteiger partial charge on any atom is 0.472 e. The molecule has 5 atom stereocenters. The summed E-state index contributed by atoms with van der Waals surface area (Å²) in [5.41, 5.74) is 0. The van der Waals surface area contributed by atoms with Crippen molar-refractivity contribution in [3.05, 3.63) is 194 Å². The zero-order valence-electron chi connectivity index (χ0n) is 73.3. The van der Waals surface area contributed by atoms with Crippen LogP contribution in [-0.2, 0) is 55.8 Å². The number of carbonyl (C=O) groups is 3. The lowest BCUT2D eigenvalue weighted by Gasteiger charge is -2.21. The molecule has 0 bridgehead atoms. The first-order valence-electron chi connectivity index (χ1n) is 45.7. The third-order valence-electron chi connectivity index (χ3n) is 18.8. The van der Waals surface area contributed by atoms with Crippen LogP contribution < -0.4 is 0 Å². The van der Waals surface area contributed by atoms with Crippen LogP contribution in [0.4, 0.5) is 0 Å². The van der Waals surface area contributed by atoms with Crippen LogP contribution in [0.3, 0.4) is 0 Å². The van der Waals surface area contributed by atoms with Gasteiger partial charge in [-0.05, 0) is 161 Å². The Labute approximate surface area is 712 Å². The molecule has 0 amide bonds. The topological polar surface area (TPSA) is 231 Å². The van der Waals surface area contributed by atoms with Gasteiger partial charge < -0.3 is 34.2 Å². The van der Waals surface area contributed by atoms with Gasteiger partial charge in [0.2, 0.25) is 0 Å². The van der Waals surface area contributed by atoms with E-state index in [2.05, 4.69) is 215 Å². The van der Waals surface area contributed by atoms with Crippen molar-refractivity contribution >= 4 is 33.6 Å². The van der Waals surface area contributed by atoms with Gasteiger partial charge in [0.05, 0.1) is 26.4 Å². The summed E-state index contributed by atoms with van der Waals surface area (Å²) in [6.07, 6.45) is 119. The van der Waals surface area contributed by atoms with Crippen molar-refractivity contribution in [1.82, 2.24) is 0 Å². The van der Waals surface area contributed by atoms with E-state index in [1.54, 1.807) is 0 Å². The van der Waals surface area contributed by atoms with Crippen LogP contribution >= 0.6 is 15.6 Å². The predicted octanol–water partition coefficient (Wildman–Crippen LogP) is 28.2. The Morgan fingerprint density at radius 1 is 0.239 bits per heavy atom. The van der Waals surface area contributed by atoms with E-state index in [0.29, 0.717) is 19.3 Å². The van der Waals surface area contributed by atoms with Crippen molar-refractivity contribution in [2.75, 3.05) is 39.6 Å². The highest BCUT2D eigenvalue weighted by Gasteiger charge is 2.29. The molecule has 4 N–H and O–H groups in total. The van der Waals surface area contributed by atoms with Crippen LogP contribution in [0.15, 0.2) is 194 Å². The molecule has 0 radical (unpaired) electrons. The number of unbranched alkanes of at least 4 members (excludes halogenated alkanes) is 30. The number of hydrogen-bond acceptors (Lipinski definition) is 14. The van der Waals surface area contributed by atoms with Crippen LogP contribution in [0, 0.1) is 0 Å². The second-order valence-electron chi connectivity index (χ2n) is 30.0. The van der Waals surface area contributed by atoms with Gasteiger partial charge in [-0.25, -0.2) is 9.13 Å². The third-order valence-corrected chi connectivity index (χ3v) is 20.7. The minimum Gasteiger partial charge on any atom is -0.463 e. The highest BCUT2D eigenvalue weighted by Crippen LogP contribution is 2.45. The Balaban J connectivity index is 4.57. The molecule has 0 spiro atoms. The van der Waals surface area contributed by atoms with E-state index in [1.807, 2.05) is 0 Å². The van der Waals surface area contributed by atoms with Crippen LogP contribution in [0.2, 0.25) is 0 Å². The summed E-state index contributed by atoms with van der Waals surface area (Å²) in [4.78, 5) is 59.0. The van der Waals surface area contributed by atoms with Gasteiger partial charge in [-0.2, -0.15) is 0 Å². The number of rotatable bonds is 85. The Morgan fingerprint density at radius 2 is 0.427 bits per heavy atom. The van der Waals surface area contributed by atoms with Gasteiger partial charge in [-0.3, -0.25) is 32.5 Å². The minimum absolute atomic E-state index is 0.0600. The number of hydrogen-bond donors (Lipinski definition) is 4. The number of carbonyl (C=O) groups excluding carboxylic acids is 3. The molecule has 0 aliphatic carbocycles. The van der Waals surface area contributed by atoms with E-state index in [0.717, 1.165) is 180 Å². The third kappa shape index (κ3) is 91.0. The van der Waals surface area contributed by atoms with E-state index >= 15 is 0 Å². The summed E-state index contributed by atoms with van der Waals surface area (Å²) in [5, 5.41) is 20.7. The van der Waals surface area contributed by atoms with Gasteiger partial charge >= 0.3 is 33.6 Å². The summed E-state index contributed by atoms with van der Waals surface area (Å²) in [5.74, 6) is -1.61. The summed E-state index contributed by atoms with van der Waals surface area (Å²) >= 11 is 0. The molecule has 0 rings (SSSR count). The molecule has 666 valence electrons. The van der Waals surface area contributed by atoms with Gasteiger partial charge in [-0.15, -0.1) is 0 Å². The van der Waals surface area contributed by atoms with E-state index in [9.17, 15) is 43.5 Å². The van der Waals surface area contributed by atoms with Crippen LogP contribution in [0.5, 0.6) is 0 Å². The zero-order chi connectivity index (χ0) is 85.1. The minimum atomic E-state index is -4.95. The Bertz CT molecular complexity index is 2910. The summed E-state index contributed by atoms with van der Waals surface area (Å²) in [6, 6.07) is 0. The SMILES string of the molecule is CC/C=C\C/C=C\C/C=C\C/C=C\C/C=C\C/C=C\CCCCCCCCCCCCCCCCC(=O)OCC(O)COP(=O)(O)OCC(O)COP(=O)(O)OCC(COC(=O)CCCCCCCCCCCCCCC/C=C\C/C=C\C/C=C\C/C=C\C/C=C\CC)OC(=O)CCCCC/C=C\C/C=C\C/C=C\C/C=C\C/C=C\CC. The molecule has 117 heavy (non-hydrogen) atoms. The van der Waals surface area contributed by atoms with Crippen LogP contribution in [-0.4, -0.2) is 95.9 Å². The predicted molar refractivity (Wildman–Crippen MR) is 491 cm³/mol. The van der Waals surface area contributed by atoms with Gasteiger partial charge in [0.25, 0.3) is 0 Å². The molecule has 0 fully saturated rings. The van der Waals surface area contributed by atoms with Crippen molar-refractivity contribution < 1.29 is 75.8 Å². The van der Waals surface area contributed by atoms with Gasteiger partial charge in [0.1, 0.15) is 25.4 Å². The number of aliphatic hydroxyl groups is 2. The summed E-state index contributed by atoms with van der Waals surface area (Å²) < 4.78 is 61.4. The summed E-state index contributed by atoms with van der Waals surface area (Å²) in [7, 11) is -9.83. The highest BCUT2D eigenvalue weighted by molar-refractivity contribution is 7.47. The molecule has 0 aromatic carbocycles. The standard InChI is InChI=1S/C99H164O16P2/c1-4-7-10-13-16-19-22-25-28-31-34-36-38-40-42-44-45-46-47-49-51-52-54-56-59-61-64-67-70-73-76-79-82-85-97(102)109-88-94(100)89-111-116(105,106)112-90-95(101)91-113-117(107,108)114-93-96(115-99(104)87-84-81-78-75-72-69-66-63-58-33-30-27-24-21-18-15-12-9-6-3)92-110-98(103)86-83-80-77-74-71-68-65-62-60-57-55-53-50-48-43-41-39-37-35-32-29-26-23-20-17-14-11-8-5-2/h7-12,16-21,25-30,34-37,40-43,45-46,58,63,69,72,94-96,100-101H,4-6,13-15,22-24,31-33,38-39,44,47-57,59-62,64-68,70-71,73-93H2,1-3H3,(H,105,106)(H,107,108)/b10-7-,11-8-,12-9-,19-16-,20-17-,21-18-,28-25-,29-26-,30-27-,36-34-,37-35-,42-40-,43-41-,46-45-,63-58-,72-69-. The molecule has 0 saturated heterocycles. The van der Waals surface area contributed by atoms with Crippen LogP contribution in [0.1, 0.15) is 355 Å². The van der Waals surface area contributed by atoms with E-state index in [4.69, 9.17) is 32.3 Å². The van der Waals surface area contributed by atoms with E-state index < -0.39 is 91.5 Å². The fraction of sp³-hybridized carbons (Fsp3) is 0.646. The first-order valence-corrected chi connectivity index (χ1v) is 48.7. The molecule has 0 aromatic heterocycles. The number of ether oxygens (including phenoxy) is 3. The lowest BCUT2D eigenvalue weighted by atomic mass is 10.0. The molecule has 5 unspecified atom stereocenters. The molecule has 18 heteroatoms. The first-order chi connectivity index (χ1) is 57.2. The van der Waals surface area contributed by atoms with Gasteiger partial charge in [0.15, 0.2) is 6.10 Å². The van der Waals surface area contributed by atoms with Crippen molar-refractivity contribution in [2.24, 2.45) is 0 Å². The zero-order valence-corrected chi connectivity index (χ0v) is 75.1. The van der Waals surface area contributed by atoms with Crippen molar-refractivity contribution in [1.29, 1.82) is 0 Å². The van der Waals surface area contributed by atoms with Crippen LogP contribution in [0.25, 0.3) is 0 Å². The largest absolute Gasteiger partial charge is 0.472 e. The second-order valence-corrected chi connectivity index (χ2v) is 32.9. The van der Waals surface area contributed by atoms with Gasteiger partial charge in [0, 0.05) is 19.3 Å². The fourth-order valence-corrected chi connectivity index (χ4v) is 13.6. The Hall–Kier alpha value is -5.61. The normalized spacial score (nSPS) is 14.7. The monoisotopic (exact) mass is 1670 g/mol. The molecular formula is C99H164O16P2. The smallest absolute Gasteiger partial charge is 0.463 e.